The van der Waals surface area contributed by atoms with Gasteiger partial charge in [-0.2, -0.15) is 5.26 Å². The van der Waals surface area contributed by atoms with Gasteiger partial charge in [-0.1, -0.05) is 36.0 Å². The van der Waals surface area contributed by atoms with E-state index in [0.29, 0.717) is 16.5 Å². The van der Waals surface area contributed by atoms with Crippen LogP contribution in [0.15, 0.2) is 58.2 Å². The van der Waals surface area contributed by atoms with Gasteiger partial charge in [-0.05, 0) is 29.8 Å². The lowest BCUT2D eigenvalue weighted by atomic mass is 10.2. The van der Waals surface area contributed by atoms with Gasteiger partial charge in [0.1, 0.15) is 5.82 Å². The fourth-order valence-electron chi connectivity index (χ4n) is 1.89. The third-order valence-corrected chi connectivity index (χ3v) is 3.82. The van der Waals surface area contributed by atoms with E-state index in [1.807, 2.05) is 12.1 Å². The van der Waals surface area contributed by atoms with E-state index in [1.54, 1.807) is 30.3 Å². The summed E-state index contributed by atoms with van der Waals surface area (Å²) in [7, 11) is 0. The van der Waals surface area contributed by atoms with Crippen LogP contribution >= 0.6 is 11.8 Å². The second kappa shape index (κ2) is 6.41. The minimum atomic E-state index is -0.399. The molecular weight excluding hydrogens is 301 g/mol. The average molecular weight is 311 g/mol. The van der Waals surface area contributed by atoms with E-state index in [4.69, 9.17) is 9.68 Å². The summed E-state index contributed by atoms with van der Waals surface area (Å²) in [6.45, 7) is 0. The van der Waals surface area contributed by atoms with Gasteiger partial charge < -0.3 is 4.42 Å². The number of rotatable bonds is 4. The predicted octanol–water partition coefficient (Wildman–Crippen LogP) is 4.04. The van der Waals surface area contributed by atoms with Gasteiger partial charge in [-0.15, -0.1) is 10.2 Å². The Hall–Kier alpha value is -2.65. The topological polar surface area (TPSA) is 62.7 Å². The zero-order valence-electron chi connectivity index (χ0n) is 11.4. The summed E-state index contributed by atoms with van der Waals surface area (Å²) in [5.74, 6) is 0.352. The molecule has 0 aliphatic heterocycles. The first-order valence-corrected chi connectivity index (χ1v) is 7.45. The number of hydrogen-bond donors (Lipinski definition) is 0. The summed E-state index contributed by atoms with van der Waals surface area (Å²) in [6, 6.07) is 15.6. The van der Waals surface area contributed by atoms with Crippen molar-refractivity contribution >= 4 is 11.8 Å². The summed E-state index contributed by atoms with van der Waals surface area (Å²) in [5, 5.41) is 17.0. The molecule has 0 aliphatic carbocycles. The van der Waals surface area contributed by atoms with Crippen LogP contribution in [0.3, 0.4) is 0 Å². The van der Waals surface area contributed by atoms with E-state index in [9.17, 15) is 4.39 Å². The lowest BCUT2D eigenvalue weighted by Crippen LogP contribution is -1.82. The Balaban J connectivity index is 1.72. The number of nitriles is 1. The number of aromatic nitrogens is 2. The third kappa shape index (κ3) is 3.15. The SMILES string of the molecule is N#Cc1cccc(CSc2nnc(-c3ccccc3F)o2)c1. The Kier molecular flexibility index (Phi) is 4.17. The third-order valence-electron chi connectivity index (χ3n) is 2.93. The molecule has 0 bridgehead atoms. The normalized spacial score (nSPS) is 10.4. The molecule has 6 heteroatoms. The first kappa shape index (κ1) is 14.3. The minimum absolute atomic E-state index is 0.159. The second-order valence-corrected chi connectivity index (χ2v) is 5.38. The van der Waals surface area contributed by atoms with Crippen LogP contribution in [-0.2, 0) is 5.75 Å². The van der Waals surface area contributed by atoms with Crippen LogP contribution in [0.4, 0.5) is 4.39 Å². The highest BCUT2D eigenvalue weighted by atomic mass is 32.2. The number of thioether (sulfide) groups is 1. The summed E-state index contributed by atoms with van der Waals surface area (Å²) in [6.07, 6.45) is 0. The van der Waals surface area contributed by atoms with Crippen LogP contribution < -0.4 is 0 Å². The molecule has 3 aromatic rings. The van der Waals surface area contributed by atoms with Gasteiger partial charge in [-0.3, -0.25) is 0 Å². The van der Waals surface area contributed by atoms with Gasteiger partial charge in [0.25, 0.3) is 11.1 Å². The molecule has 0 spiro atoms. The van der Waals surface area contributed by atoms with Gasteiger partial charge in [0.15, 0.2) is 0 Å². The van der Waals surface area contributed by atoms with Gasteiger partial charge in [-0.25, -0.2) is 4.39 Å². The van der Waals surface area contributed by atoms with Gasteiger partial charge in [0.05, 0.1) is 17.2 Å². The largest absolute Gasteiger partial charge is 0.411 e. The smallest absolute Gasteiger partial charge is 0.277 e. The maximum atomic E-state index is 13.7. The Labute approximate surface area is 130 Å². The molecule has 2 aromatic carbocycles. The van der Waals surface area contributed by atoms with Crippen molar-refractivity contribution in [3.63, 3.8) is 0 Å². The predicted molar refractivity (Wildman–Crippen MR) is 80.4 cm³/mol. The van der Waals surface area contributed by atoms with Gasteiger partial charge in [0.2, 0.25) is 0 Å². The molecule has 0 saturated heterocycles. The van der Waals surface area contributed by atoms with Gasteiger partial charge in [0, 0.05) is 5.75 Å². The molecule has 3 rings (SSSR count). The standard InChI is InChI=1S/C16H10FN3OS/c17-14-7-2-1-6-13(14)15-19-20-16(21-15)22-10-12-5-3-4-11(8-12)9-18/h1-8H,10H2. The fourth-order valence-corrected chi connectivity index (χ4v) is 2.59. The van der Waals surface area contributed by atoms with E-state index in [0.717, 1.165) is 5.56 Å². The Morgan fingerprint density at radius 1 is 1.14 bits per heavy atom. The lowest BCUT2D eigenvalue weighted by Gasteiger charge is -1.98. The van der Waals surface area contributed by atoms with Crippen molar-refractivity contribution in [1.82, 2.24) is 10.2 Å². The monoisotopic (exact) mass is 311 g/mol. The molecule has 0 N–H and O–H groups in total. The molecule has 22 heavy (non-hydrogen) atoms. The molecule has 0 atom stereocenters. The first-order chi connectivity index (χ1) is 10.8. The summed E-state index contributed by atoms with van der Waals surface area (Å²) in [4.78, 5) is 0. The van der Waals surface area contributed by atoms with Crippen LogP contribution in [-0.4, -0.2) is 10.2 Å². The van der Waals surface area contributed by atoms with Crippen LogP contribution in [0.2, 0.25) is 0 Å². The summed E-state index contributed by atoms with van der Waals surface area (Å²) >= 11 is 1.34. The maximum absolute atomic E-state index is 13.7. The Morgan fingerprint density at radius 2 is 2.00 bits per heavy atom. The molecule has 0 fully saturated rings. The molecule has 108 valence electrons. The molecule has 0 saturated carbocycles. The van der Waals surface area contributed by atoms with Crippen LogP contribution in [0.5, 0.6) is 0 Å². The highest BCUT2D eigenvalue weighted by Gasteiger charge is 2.12. The molecule has 0 amide bonds. The van der Waals surface area contributed by atoms with Crippen LogP contribution in [0.1, 0.15) is 11.1 Å². The highest BCUT2D eigenvalue weighted by molar-refractivity contribution is 7.98. The molecule has 1 aromatic heterocycles. The molecule has 0 aliphatic rings. The summed E-state index contributed by atoms with van der Waals surface area (Å²) < 4.78 is 19.1. The number of halogens is 1. The van der Waals surface area contributed by atoms with Crippen molar-refractivity contribution in [2.24, 2.45) is 0 Å². The molecule has 1 heterocycles. The van der Waals surface area contributed by atoms with Crippen molar-refractivity contribution in [2.75, 3.05) is 0 Å². The van der Waals surface area contributed by atoms with E-state index in [2.05, 4.69) is 16.3 Å². The number of nitrogens with zero attached hydrogens (tertiary/aromatic N) is 3. The molecule has 0 radical (unpaired) electrons. The zero-order chi connectivity index (χ0) is 15.4. The maximum Gasteiger partial charge on any atom is 0.277 e. The van der Waals surface area contributed by atoms with Crippen molar-refractivity contribution < 1.29 is 8.81 Å². The van der Waals surface area contributed by atoms with Crippen molar-refractivity contribution in [3.8, 4) is 17.5 Å². The summed E-state index contributed by atoms with van der Waals surface area (Å²) in [5.41, 5.74) is 1.87. The van der Waals surface area contributed by atoms with Crippen molar-refractivity contribution in [2.45, 2.75) is 11.0 Å². The second-order valence-electron chi connectivity index (χ2n) is 4.45. The Morgan fingerprint density at radius 3 is 2.82 bits per heavy atom. The van der Waals surface area contributed by atoms with Crippen molar-refractivity contribution in [3.05, 3.63) is 65.5 Å². The molecular formula is C16H10FN3OS. The fraction of sp³-hybridized carbons (Fsp3) is 0.0625. The lowest BCUT2D eigenvalue weighted by molar-refractivity contribution is 0.463. The van der Waals surface area contributed by atoms with E-state index in [-0.39, 0.29) is 11.5 Å². The van der Waals surface area contributed by atoms with Gasteiger partial charge >= 0.3 is 0 Å². The quantitative estimate of drug-likeness (QED) is 0.680. The first-order valence-electron chi connectivity index (χ1n) is 6.46. The van der Waals surface area contributed by atoms with E-state index < -0.39 is 5.82 Å². The number of hydrogen-bond acceptors (Lipinski definition) is 5. The zero-order valence-corrected chi connectivity index (χ0v) is 12.2. The average Bonchev–Trinajstić information content (AvgIpc) is 3.02. The highest BCUT2D eigenvalue weighted by Crippen LogP contribution is 2.27. The van der Waals surface area contributed by atoms with Crippen LogP contribution in [0.25, 0.3) is 11.5 Å². The molecule has 0 unspecified atom stereocenters. The van der Waals surface area contributed by atoms with E-state index in [1.165, 1.54) is 17.8 Å². The van der Waals surface area contributed by atoms with Crippen LogP contribution in [0, 0.1) is 17.1 Å². The van der Waals surface area contributed by atoms with E-state index >= 15 is 0 Å². The van der Waals surface area contributed by atoms with Crippen molar-refractivity contribution in [1.29, 1.82) is 5.26 Å². The number of benzene rings is 2. The molecule has 4 nitrogen and oxygen atoms in total. The Bertz CT molecular complexity index is 841. The minimum Gasteiger partial charge on any atom is -0.411 e.